The maximum Gasteiger partial charge on any atom is 0.189 e. The van der Waals surface area contributed by atoms with Crippen molar-refractivity contribution in [2.75, 3.05) is 18.8 Å². The molecule has 2 aromatic heterocycles. The smallest absolute Gasteiger partial charge is 0.189 e. The second-order valence-corrected chi connectivity index (χ2v) is 10.8. The van der Waals surface area contributed by atoms with Crippen LogP contribution >= 0.6 is 11.6 Å². The van der Waals surface area contributed by atoms with Gasteiger partial charge in [0.25, 0.3) is 0 Å². The van der Waals surface area contributed by atoms with Gasteiger partial charge < -0.3 is 11.1 Å². The maximum absolute atomic E-state index is 14.3. The largest absolute Gasteiger partial charge is 0.383 e. The molecule has 2 aliphatic rings. The van der Waals surface area contributed by atoms with Crippen molar-refractivity contribution in [1.29, 1.82) is 0 Å². The van der Waals surface area contributed by atoms with Crippen molar-refractivity contribution >= 4 is 27.3 Å². The zero-order valence-electron chi connectivity index (χ0n) is 17.3. The molecule has 3 N–H and O–H groups in total. The van der Waals surface area contributed by atoms with Gasteiger partial charge in [-0.1, -0.05) is 11.6 Å². The molecule has 1 aliphatic heterocycles. The zero-order chi connectivity index (χ0) is 22.5. The highest BCUT2D eigenvalue weighted by Gasteiger charge is 2.39. The summed E-state index contributed by atoms with van der Waals surface area (Å²) in [5.41, 5.74) is 8.07. The molecule has 1 aliphatic carbocycles. The maximum atomic E-state index is 14.3. The fourth-order valence-corrected chi connectivity index (χ4v) is 7.02. The van der Waals surface area contributed by atoms with E-state index >= 15 is 0 Å². The van der Waals surface area contributed by atoms with Gasteiger partial charge in [-0.05, 0) is 68.1 Å². The minimum Gasteiger partial charge on any atom is -0.383 e. The zero-order valence-corrected chi connectivity index (χ0v) is 18.8. The molecular weight excluding hydrogens is 453 g/mol. The van der Waals surface area contributed by atoms with E-state index in [1.165, 1.54) is 18.2 Å². The predicted octanol–water partition coefficient (Wildman–Crippen LogP) is 3.71. The Morgan fingerprint density at radius 1 is 1.16 bits per heavy atom. The number of nitrogen functional groups attached to an aromatic ring is 1. The lowest BCUT2D eigenvalue weighted by atomic mass is 10.1. The van der Waals surface area contributed by atoms with Crippen LogP contribution in [0, 0.1) is 5.82 Å². The highest BCUT2D eigenvalue weighted by atomic mass is 35.5. The average Bonchev–Trinajstić information content (AvgIpc) is 3.46. The molecule has 10 heteroatoms. The number of halogens is 2. The number of rotatable bonds is 4. The van der Waals surface area contributed by atoms with Crippen molar-refractivity contribution in [3.8, 4) is 11.1 Å². The number of nitrogens with one attached hydrogen (secondary N) is 1. The van der Waals surface area contributed by atoms with Crippen LogP contribution in [0.2, 0.25) is 5.02 Å². The van der Waals surface area contributed by atoms with Crippen molar-refractivity contribution in [2.45, 2.75) is 41.9 Å². The Hall–Kier alpha value is -2.49. The monoisotopic (exact) mass is 475 g/mol. The van der Waals surface area contributed by atoms with Crippen LogP contribution < -0.4 is 11.1 Å². The minimum absolute atomic E-state index is 0.0669. The molecule has 3 heterocycles. The second-order valence-electron chi connectivity index (χ2n) is 8.29. The number of pyridine rings is 1. The van der Waals surface area contributed by atoms with Gasteiger partial charge in [0, 0.05) is 28.5 Å². The molecule has 0 radical (unpaired) electrons. The summed E-state index contributed by atoms with van der Waals surface area (Å²) in [5, 5.41) is 7.10. The van der Waals surface area contributed by atoms with Crippen molar-refractivity contribution in [3.05, 3.63) is 58.8 Å². The normalized spacial score (nSPS) is 19.2. The molecule has 0 amide bonds. The number of piperidine rings is 1. The lowest BCUT2D eigenvalue weighted by Gasteiger charge is -2.22. The first kappa shape index (κ1) is 21.4. The minimum atomic E-state index is -3.94. The van der Waals surface area contributed by atoms with Gasteiger partial charge in [-0.2, -0.15) is 5.10 Å². The topological polar surface area (TPSA) is 103 Å². The summed E-state index contributed by atoms with van der Waals surface area (Å²) in [4.78, 5) is 4.09. The second kappa shape index (κ2) is 8.13. The van der Waals surface area contributed by atoms with Crippen molar-refractivity contribution in [1.82, 2.24) is 20.1 Å². The van der Waals surface area contributed by atoms with Gasteiger partial charge in [0.15, 0.2) is 9.84 Å². The van der Waals surface area contributed by atoms with E-state index in [9.17, 15) is 12.8 Å². The first-order chi connectivity index (χ1) is 15.4. The fourth-order valence-electron chi connectivity index (χ4n) is 4.69. The highest BCUT2D eigenvalue weighted by molar-refractivity contribution is 7.91. The summed E-state index contributed by atoms with van der Waals surface area (Å²) < 4.78 is 43.4. The summed E-state index contributed by atoms with van der Waals surface area (Å²) in [7, 11) is -3.94. The fraction of sp³-hybridized carbons (Fsp3) is 0.364. The van der Waals surface area contributed by atoms with Crippen LogP contribution in [0.15, 0.2) is 41.7 Å². The van der Waals surface area contributed by atoms with Gasteiger partial charge in [-0.3, -0.25) is 4.68 Å². The van der Waals surface area contributed by atoms with Gasteiger partial charge >= 0.3 is 0 Å². The first-order valence-electron chi connectivity index (χ1n) is 10.6. The third-order valence-corrected chi connectivity index (χ3v) is 8.90. The first-order valence-corrected chi connectivity index (χ1v) is 12.5. The van der Waals surface area contributed by atoms with Crippen molar-refractivity contribution < 1.29 is 12.8 Å². The van der Waals surface area contributed by atoms with E-state index in [0.717, 1.165) is 31.5 Å². The molecule has 0 spiro atoms. The summed E-state index contributed by atoms with van der Waals surface area (Å²) in [6.07, 6.45) is 7.70. The lowest BCUT2D eigenvalue weighted by Crippen LogP contribution is -2.29. The number of hydrogen-bond donors (Lipinski definition) is 2. The molecule has 7 nitrogen and oxygen atoms in total. The van der Waals surface area contributed by atoms with Gasteiger partial charge in [0.1, 0.15) is 16.5 Å². The quantitative estimate of drug-likeness (QED) is 0.596. The molecule has 1 unspecified atom stereocenters. The van der Waals surface area contributed by atoms with Crippen LogP contribution in [-0.2, 0) is 16.3 Å². The Bertz CT molecular complexity index is 1290. The number of fused-ring (bicyclic) bond motifs is 1. The molecule has 1 fully saturated rings. The van der Waals surface area contributed by atoms with E-state index in [0.29, 0.717) is 29.2 Å². The SMILES string of the molecule is Nc1ncc(-c2cnn(C3CCNCC3)c2)cc1S(=O)(=O)C1CCc2c(F)ccc(Cl)c21. The molecule has 0 saturated carbocycles. The van der Waals surface area contributed by atoms with E-state index in [1.807, 2.05) is 10.9 Å². The van der Waals surface area contributed by atoms with Gasteiger partial charge in [-0.15, -0.1) is 0 Å². The molecular formula is C22H23ClFN5O2S. The van der Waals surface area contributed by atoms with Gasteiger partial charge in [0.05, 0.1) is 17.5 Å². The summed E-state index contributed by atoms with van der Waals surface area (Å²) in [6, 6.07) is 4.51. The molecule has 1 saturated heterocycles. The number of nitrogens with zero attached hydrogens (tertiary/aromatic N) is 3. The number of sulfone groups is 1. The molecule has 0 bridgehead atoms. The molecule has 32 heavy (non-hydrogen) atoms. The molecule has 3 aromatic rings. The van der Waals surface area contributed by atoms with Crippen LogP contribution in [0.1, 0.15) is 41.7 Å². The molecule has 5 rings (SSSR count). The van der Waals surface area contributed by atoms with E-state index in [1.54, 1.807) is 12.4 Å². The Kier molecular flexibility index (Phi) is 5.43. The summed E-state index contributed by atoms with van der Waals surface area (Å²) in [5.74, 6) is -0.521. The van der Waals surface area contributed by atoms with Gasteiger partial charge in [0.2, 0.25) is 0 Å². The predicted molar refractivity (Wildman–Crippen MR) is 121 cm³/mol. The number of aromatic nitrogens is 3. The Morgan fingerprint density at radius 2 is 1.94 bits per heavy atom. The Morgan fingerprint density at radius 3 is 2.72 bits per heavy atom. The molecule has 168 valence electrons. The summed E-state index contributed by atoms with van der Waals surface area (Å²) in [6.45, 7) is 1.88. The van der Waals surface area contributed by atoms with Gasteiger partial charge in [-0.25, -0.2) is 17.8 Å². The number of hydrogen-bond acceptors (Lipinski definition) is 6. The number of nitrogens with two attached hydrogens (primary N) is 1. The lowest BCUT2D eigenvalue weighted by molar-refractivity contribution is 0.343. The number of anilines is 1. The van der Waals surface area contributed by atoms with Crippen LogP contribution in [0.4, 0.5) is 10.2 Å². The van der Waals surface area contributed by atoms with Crippen LogP contribution in [-0.4, -0.2) is 36.3 Å². The van der Waals surface area contributed by atoms with Crippen LogP contribution in [0.25, 0.3) is 11.1 Å². The summed E-state index contributed by atoms with van der Waals surface area (Å²) >= 11 is 6.28. The standard InChI is InChI=1S/C22H23ClFN5O2S/c23-17-2-3-18(24)16-1-4-19(21(16)17)32(30,31)20-9-13(10-27-22(20)25)14-11-28-29(12-14)15-5-7-26-8-6-15/h2-3,9-12,15,19,26H,1,4-8H2,(H2,25,27). The van der Waals surface area contributed by atoms with E-state index < -0.39 is 20.9 Å². The molecule has 1 atom stereocenters. The van der Waals surface area contributed by atoms with Crippen LogP contribution in [0.5, 0.6) is 0 Å². The van der Waals surface area contributed by atoms with Crippen molar-refractivity contribution in [2.24, 2.45) is 0 Å². The average molecular weight is 476 g/mol. The van der Waals surface area contributed by atoms with E-state index in [2.05, 4.69) is 15.4 Å². The van der Waals surface area contributed by atoms with E-state index in [4.69, 9.17) is 17.3 Å². The number of benzene rings is 1. The third kappa shape index (κ3) is 3.58. The van der Waals surface area contributed by atoms with E-state index in [-0.39, 0.29) is 22.2 Å². The third-order valence-electron chi connectivity index (χ3n) is 6.41. The highest BCUT2D eigenvalue weighted by Crippen LogP contribution is 2.45. The van der Waals surface area contributed by atoms with Crippen LogP contribution in [0.3, 0.4) is 0 Å². The van der Waals surface area contributed by atoms with Crippen molar-refractivity contribution in [3.63, 3.8) is 0 Å². The Labute approximate surface area is 190 Å². The molecule has 1 aromatic carbocycles. The Balaban J connectivity index is 1.52.